The number of morpholine rings is 1. The van der Waals surface area contributed by atoms with Crippen LogP contribution in [0.25, 0.3) is 0 Å². The van der Waals surface area contributed by atoms with Gasteiger partial charge in [-0.1, -0.05) is 5.16 Å². The van der Waals surface area contributed by atoms with E-state index < -0.39 is 10.0 Å². The maximum atomic E-state index is 12.9. The summed E-state index contributed by atoms with van der Waals surface area (Å²) in [5.74, 6) is 0.500. The van der Waals surface area contributed by atoms with Gasteiger partial charge >= 0.3 is 0 Å². The molecule has 1 aliphatic rings. The topological polar surface area (TPSA) is 120 Å². The number of aromatic nitrogens is 3. The fourth-order valence-corrected chi connectivity index (χ4v) is 4.65. The van der Waals surface area contributed by atoms with Gasteiger partial charge in [0.2, 0.25) is 15.9 Å². The lowest BCUT2D eigenvalue weighted by Crippen LogP contribution is -2.41. The van der Waals surface area contributed by atoms with E-state index in [1.165, 1.54) is 8.99 Å². The molecule has 3 heterocycles. The third kappa shape index (κ3) is 3.64. The number of aryl methyl sites for hydroxylation is 2. The normalized spacial score (nSPS) is 16.0. The molecule has 0 aromatic carbocycles. The molecule has 3 rings (SSSR count). The van der Waals surface area contributed by atoms with Gasteiger partial charge in [0.05, 0.1) is 24.6 Å². The van der Waals surface area contributed by atoms with Crippen LogP contribution in [0.15, 0.2) is 15.5 Å². The molecule has 0 radical (unpaired) electrons. The molecule has 11 heteroatoms. The molecule has 2 aromatic rings. The summed E-state index contributed by atoms with van der Waals surface area (Å²) < 4.78 is 38.7. The molecule has 26 heavy (non-hydrogen) atoms. The highest BCUT2D eigenvalue weighted by Crippen LogP contribution is 2.24. The van der Waals surface area contributed by atoms with E-state index in [2.05, 4.69) is 15.6 Å². The molecule has 1 fully saturated rings. The Hall–Kier alpha value is -2.24. The summed E-state index contributed by atoms with van der Waals surface area (Å²) in [6, 6.07) is 1.59. The van der Waals surface area contributed by atoms with Crippen LogP contribution in [0.4, 0.5) is 5.82 Å². The quantitative estimate of drug-likeness (QED) is 0.796. The number of ether oxygens (including phenoxy) is 1. The van der Waals surface area contributed by atoms with Gasteiger partial charge in [0.15, 0.2) is 5.82 Å². The van der Waals surface area contributed by atoms with Crippen LogP contribution in [0.5, 0.6) is 0 Å². The number of nitrogens with zero attached hydrogens (tertiary/aromatic N) is 4. The molecule has 1 amide bonds. The first-order valence-corrected chi connectivity index (χ1v) is 9.58. The molecule has 0 unspecified atom stereocenters. The number of nitrogens with one attached hydrogen (secondary N) is 1. The highest BCUT2D eigenvalue weighted by Gasteiger charge is 2.32. The second-order valence-electron chi connectivity index (χ2n) is 6.05. The fraction of sp³-hybridized carbons (Fsp3) is 0.533. The van der Waals surface area contributed by atoms with E-state index in [0.717, 1.165) is 0 Å². The smallest absolute Gasteiger partial charge is 0.247 e. The van der Waals surface area contributed by atoms with Crippen LogP contribution in [0.1, 0.15) is 17.1 Å². The second kappa shape index (κ2) is 7.17. The number of carbonyl (C=O) groups is 1. The predicted molar refractivity (Wildman–Crippen MR) is 91.1 cm³/mol. The lowest BCUT2D eigenvalue weighted by molar-refractivity contribution is -0.117. The molecule has 10 nitrogen and oxygen atoms in total. The Labute approximate surface area is 151 Å². The summed E-state index contributed by atoms with van der Waals surface area (Å²) in [6.07, 6.45) is 0. The number of amides is 1. The SMILES string of the molecule is Cc1cc(NC(=O)Cn2nc(C)c(S(=O)(=O)N3CCOCC3)c2C)no1. The van der Waals surface area contributed by atoms with Crippen LogP contribution < -0.4 is 5.32 Å². The van der Waals surface area contributed by atoms with Gasteiger partial charge in [0.1, 0.15) is 17.2 Å². The molecular weight excluding hydrogens is 362 g/mol. The largest absolute Gasteiger partial charge is 0.379 e. The van der Waals surface area contributed by atoms with Crippen molar-refractivity contribution in [1.82, 2.24) is 19.2 Å². The lowest BCUT2D eigenvalue weighted by atomic mass is 10.4. The minimum absolute atomic E-state index is 0.128. The second-order valence-corrected chi connectivity index (χ2v) is 7.92. The molecule has 1 aliphatic heterocycles. The number of sulfonamides is 1. The van der Waals surface area contributed by atoms with Crippen LogP contribution in [0, 0.1) is 20.8 Å². The van der Waals surface area contributed by atoms with E-state index in [4.69, 9.17) is 9.26 Å². The van der Waals surface area contributed by atoms with Gasteiger partial charge in [-0.15, -0.1) is 0 Å². The van der Waals surface area contributed by atoms with Crippen LogP contribution in [-0.2, 0) is 26.1 Å². The summed E-state index contributed by atoms with van der Waals surface area (Å²) in [5.41, 5.74) is 0.777. The van der Waals surface area contributed by atoms with E-state index in [0.29, 0.717) is 49.3 Å². The maximum absolute atomic E-state index is 12.9. The van der Waals surface area contributed by atoms with E-state index in [-0.39, 0.29) is 17.3 Å². The highest BCUT2D eigenvalue weighted by atomic mass is 32.2. The van der Waals surface area contributed by atoms with Gasteiger partial charge in [-0.25, -0.2) is 8.42 Å². The van der Waals surface area contributed by atoms with E-state index in [1.54, 1.807) is 26.8 Å². The third-order valence-corrected chi connectivity index (χ3v) is 6.22. The van der Waals surface area contributed by atoms with Crippen LogP contribution >= 0.6 is 0 Å². The zero-order valence-electron chi connectivity index (χ0n) is 14.9. The minimum Gasteiger partial charge on any atom is -0.379 e. The first-order chi connectivity index (χ1) is 12.3. The lowest BCUT2D eigenvalue weighted by Gasteiger charge is -2.26. The highest BCUT2D eigenvalue weighted by molar-refractivity contribution is 7.89. The van der Waals surface area contributed by atoms with Crippen LogP contribution in [0.3, 0.4) is 0 Å². The molecular formula is C15H21N5O5S. The summed E-state index contributed by atoms with van der Waals surface area (Å²) in [6.45, 7) is 6.19. The summed E-state index contributed by atoms with van der Waals surface area (Å²) >= 11 is 0. The molecule has 0 aliphatic carbocycles. The Morgan fingerprint density at radius 3 is 2.58 bits per heavy atom. The minimum atomic E-state index is -3.68. The number of carbonyl (C=O) groups excluding carboxylic acids is 1. The molecule has 1 N–H and O–H groups in total. The van der Waals surface area contributed by atoms with Gasteiger partial charge < -0.3 is 14.6 Å². The van der Waals surface area contributed by atoms with Crippen molar-refractivity contribution in [3.05, 3.63) is 23.2 Å². The molecule has 2 aromatic heterocycles. The van der Waals surface area contributed by atoms with Crippen molar-refractivity contribution < 1.29 is 22.5 Å². The standard InChI is InChI=1S/C15H21N5O5S/c1-10-8-13(18-25-10)16-14(21)9-20-12(3)15(11(2)17-20)26(22,23)19-4-6-24-7-5-19/h8H,4-7,9H2,1-3H3,(H,16,18,21). The third-order valence-electron chi connectivity index (χ3n) is 4.07. The zero-order valence-corrected chi connectivity index (χ0v) is 15.7. The van der Waals surface area contributed by atoms with Gasteiger partial charge in [-0.3, -0.25) is 9.48 Å². The Morgan fingerprint density at radius 2 is 1.96 bits per heavy atom. The number of hydrogen-bond acceptors (Lipinski definition) is 7. The average molecular weight is 383 g/mol. The van der Waals surface area contributed by atoms with Gasteiger partial charge in [-0.2, -0.15) is 9.40 Å². The van der Waals surface area contributed by atoms with E-state index in [1.807, 2.05) is 0 Å². The molecule has 0 spiro atoms. The predicted octanol–water partition coefficient (Wildman–Crippen LogP) is 0.456. The van der Waals surface area contributed by atoms with Gasteiger partial charge in [-0.05, 0) is 20.8 Å². The van der Waals surface area contributed by atoms with Gasteiger partial charge in [0, 0.05) is 19.2 Å². The Bertz CT molecular complexity index is 911. The fourth-order valence-electron chi connectivity index (χ4n) is 2.87. The number of hydrogen-bond donors (Lipinski definition) is 1. The Balaban J connectivity index is 1.80. The first-order valence-electron chi connectivity index (χ1n) is 8.14. The van der Waals surface area contributed by atoms with Crippen molar-refractivity contribution in [3.63, 3.8) is 0 Å². The Morgan fingerprint density at radius 1 is 1.27 bits per heavy atom. The van der Waals surface area contributed by atoms with Crippen molar-refractivity contribution in [3.8, 4) is 0 Å². The van der Waals surface area contributed by atoms with Crippen molar-refractivity contribution in [2.75, 3.05) is 31.6 Å². The van der Waals surface area contributed by atoms with Crippen LogP contribution in [-0.4, -0.2) is 59.9 Å². The number of rotatable bonds is 5. The van der Waals surface area contributed by atoms with Crippen molar-refractivity contribution in [1.29, 1.82) is 0 Å². The summed E-state index contributed by atoms with van der Waals surface area (Å²) in [4.78, 5) is 12.3. The first kappa shape index (κ1) is 18.5. The zero-order chi connectivity index (χ0) is 18.9. The van der Waals surface area contributed by atoms with Crippen molar-refractivity contribution >= 4 is 21.7 Å². The maximum Gasteiger partial charge on any atom is 0.247 e. The van der Waals surface area contributed by atoms with Gasteiger partial charge in [0.25, 0.3) is 0 Å². The van der Waals surface area contributed by atoms with E-state index >= 15 is 0 Å². The van der Waals surface area contributed by atoms with Crippen molar-refractivity contribution in [2.24, 2.45) is 0 Å². The number of anilines is 1. The molecule has 1 saturated heterocycles. The van der Waals surface area contributed by atoms with E-state index in [9.17, 15) is 13.2 Å². The molecule has 142 valence electrons. The molecule has 0 atom stereocenters. The molecule has 0 bridgehead atoms. The van der Waals surface area contributed by atoms with Crippen LogP contribution in [0.2, 0.25) is 0 Å². The van der Waals surface area contributed by atoms with Crippen molar-refractivity contribution in [2.45, 2.75) is 32.2 Å². The molecule has 0 saturated carbocycles. The summed E-state index contributed by atoms with van der Waals surface area (Å²) in [7, 11) is -3.68. The monoisotopic (exact) mass is 383 g/mol. The average Bonchev–Trinajstić information content (AvgIpc) is 3.11. The summed E-state index contributed by atoms with van der Waals surface area (Å²) in [5, 5.41) is 10.5. The Kier molecular flexibility index (Phi) is 5.12.